The topological polar surface area (TPSA) is 62.2 Å². The van der Waals surface area contributed by atoms with Gasteiger partial charge in [-0.05, 0) is 6.92 Å². The van der Waals surface area contributed by atoms with Crippen LogP contribution in [0.15, 0.2) is 0 Å². The Balaban J connectivity index is 1.97. The van der Waals surface area contributed by atoms with E-state index < -0.39 is 0 Å². The van der Waals surface area contributed by atoms with E-state index in [1.54, 1.807) is 19.0 Å². The summed E-state index contributed by atoms with van der Waals surface area (Å²) in [6.07, 6.45) is 1.01. The molecular weight excluding hydrogens is 230 g/mol. The summed E-state index contributed by atoms with van der Waals surface area (Å²) in [4.78, 5) is 17.5. The molecule has 0 radical (unpaired) electrons. The Morgan fingerprint density at radius 2 is 2.33 bits per heavy atom. The lowest BCUT2D eigenvalue weighted by Crippen LogP contribution is -2.36. The number of aromatic nitrogens is 2. The van der Waals surface area contributed by atoms with E-state index in [0.29, 0.717) is 6.54 Å². The zero-order valence-electron chi connectivity index (χ0n) is 11.3. The SMILES string of the molecule is Cc1nc2c(n1CCNC(=O)N(C)C)CCNC2. The Morgan fingerprint density at radius 1 is 1.56 bits per heavy atom. The van der Waals surface area contributed by atoms with Crippen molar-refractivity contribution >= 4 is 6.03 Å². The van der Waals surface area contributed by atoms with E-state index in [1.165, 1.54) is 5.69 Å². The highest BCUT2D eigenvalue weighted by Gasteiger charge is 2.17. The molecule has 0 saturated heterocycles. The molecule has 2 amide bonds. The van der Waals surface area contributed by atoms with Crippen LogP contribution in [0.3, 0.4) is 0 Å². The van der Waals surface area contributed by atoms with Crippen LogP contribution in [-0.4, -0.2) is 47.7 Å². The van der Waals surface area contributed by atoms with Crippen LogP contribution in [0.1, 0.15) is 17.2 Å². The number of urea groups is 1. The van der Waals surface area contributed by atoms with Gasteiger partial charge in [-0.2, -0.15) is 0 Å². The lowest BCUT2D eigenvalue weighted by molar-refractivity contribution is 0.217. The molecule has 2 heterocycles. The van der Waals surface area contributed by atoms with Gasteiger partial charge in [0, 0.05) is 52.4 Å². The highest BCUT2D eigenvalue weighted by Crippen LogP contribution is 2.15. The van der Waals surface area contributed by atoms with Crippen molar-refractivity contribution in [3.8, 4) is 0 Å². The van der Waals surface area contributed by atoms with E-state index in [2.05, 4.69) is 20.2 Å². The van der Waals surface area contributed by atoms with Crippen LogP contribution in [0, 0.1) is 6.92 Å². The lowest BCUT2D eigenvalue weighted by atomic mass is 10.2. The van der Waals surface area contributed by atoms with Gasteiger partial charge >= 0.3 is 6.03 Å². The van der Waals surface area contributed by atoms with E-state index in [1.807, 2.05) is 6.92 Å². The van der Waals surface area contributed by atoms with Crippen molar-refractivity contribution in [2.24, 2.45) is 0 Å². The van der Waals surface area contributed by atoms with E-state index in [9.17, 15) is 4.79 Å². The van der Waals surface area contributed by atoms with Gasteiger partial charge in [0.15, 0.2) is 0 Å². The van der Waals surface area contributed by atoms with Gasteiger partial charge in [-0.3, -0.25) is 0 Å². The van der Waals surface area contributed by atoms with Crippen LogP contribution in [-0.2, 0) is 19.5 Å². The summed E-state index contributed by atoms with van der Waals surface area (Å²) >= 11 is 0. The largest absolute Gasteiger partial charge is 0.336 e. The monoisotopic (exact) mass is 251 g/mol. The number of amides is 2. The second-order valence-electron chi connectivity index (χ2n) is 4.76. The van der Waals surface area contributed by atoms with Gasteiger partial charge in [0.25, 0.3) is 0 Å². The molecule has 18 heavy (non-hydrogen) atoms. The minimum absolute atomic E-state index is 0.0525. The second-order valence-corrected chi connectivity index (χ2v) is 4.76. The fourth-order valence-electron chi connectivity index (χ4n) is 2.24. The molecule has 1 aromatic rings. The maximum Gasteiger partial charge on any atom is 0.316 e. The number of nitrogens with zero attached hydrogens (tertiary/aromatic N) is 3. The maximum absolute atomic E-state index is 11.4. The van der Waals surface area contributed by atoms with Gasteiger partial charge < -0.3 is 20.1 Å². The zero-order valence-corrected chi connectivity index (χ0v) is 11.3. The van der Waals surface area contributed by atoms with Crippen LogP contribution in [0.2, 0.25) is 0 Å². The molecule has 6 nitrogen and oxygen atoms in total. The van der Waals surface area contributed by atoms with Gasteiger partial charge in [0.2, 0.25) is 0 Å². The Labute approximate surface area is 107 Å². The van der Waals surface area contributed by atoms with Crippen molar-refractivity contribution in [2.75, 3.05) is 27.2 Å². The third-order valence-corrected chi connectivity index (χ3v) is 3.20. The first-order chi connectivity index (χ1) is 8.59. The number of aryl methyl sites for hydroxylation is 1. The molecule has 0 unspecified atom stereocenters. The molecule has 6 heteroatoms. The van der Waals surface area contributed by atoms with Crippen LogP contribution in [0.4, 0.5) is 4.79 Å². The van der Waals surface area contributed by atoms with Crippen LogP contribution >= 0.6 is 0 Å². The van der Waals surface area contributed by atoms with Crippen molar-refractivity contribution in [3.63, 3.8) is 0 Å². The molecule has 0 aromatic carbocycles. The first kappa shape index (κ1) is 12.9. The van der Waals surface area contributed by atoms with Crippen molar-refractivity contribution in [1.29, 1.82) is 0 Å². The van der Waals surface area contributed by atoms with Crippen LogP contribution in [0.25, 0.3) is 0 Å². The first-order valence-corrected chi connectivity index (χ1v) is 6.30. The average Bonchev–Trinajstić information content (AvgIpc) is 2.65. The normalized spacial score (nSPS) is 14.2. The Kier molecular flexibility index (Phi) is 3.86. The Bertz CT molecular complexity index is 438. The number of rotatable bonds is 3. The van der Waals surface area contributed by atoms with Gasteiger partial charge in [-0.25, -0.2) is 9.78 Å². The number of fused-ring (bicyclic) bond motifs is 1. The first-order valence-electron chi connectivity index (χ1n) is 6.30. The van der Waals surface area contributed by atoms with Gasteiger partial charge in [-0.15, -0.1) is 0 Å². The third kappa shape index (κ3) is 2.64. The summed E-state index contributed by atoms with van der Waals surface area (Å²) in [5.41, 5.74) is 2.46. The molecule has 2 N–H and O–H groups in total. The Morgan fingerprint density at radius 3 is 3.06 bits per heavy atom. The number of carbonyl (C=O) groups excluding carboxylic acids is 1. The second kappa shape index (κ2) is 5.39. The number of hydrogen-bond donors (Lipinski definition) is 2. The summed E-state index contributed by atoms with van der Waals surface area (Å²) in [5, 5.41) is 6.20. The summed E-state index contributed by atoms with van der Waals surface area (Å²) in [6.45, 7) is 5.29. The predicted molar refractivity (Wildman–Crippen MR) is 69.5 cm³/mol. The highest BCUT2D eigenvalue weighted by molar-refractivity contribution is 5.73. The van der Waals surface area contributed by atoms with Crippen molar-refractivity contribution in [3.05, 3.63) is 17.2 Å². The smallest absolute Gasteiger partial charge is 0.316 e. The van der Waals surface area contributed by atoms with Crippen LogP contribution in [0.5, 0.6) is 0 Å². The fraction of sp³-hybridized carbons (Fsp3) is 0.667. The van der Waals surface area contributed by atoms with Gasteiger partial charge in [0.05, 0.1) is 5.69 Å². The molecule has 0 aliphatic carbocycles. The number of carbonyl (C=O) groups is 1. The molecular formula is C12H21N5O. The predicted octanol–water partition coefficient (Wildman–Crippen LogP) is 0.108. The van der Waals surface area contributed by atoms with Crippen LogP contribution < -0.4 is 10.6 Å². The summed E-state index contributed by atoms with van der Waals surface area (Å²) in [7, 11) is 3.48. The molecule has 0 atom stereocenters. The lowest BCUT2D eigenvalue weighted by Gasteiger charge is -2.17. The minimum Gasteiger partial charge on any atom is -0.336 e. The van der Waals surface area contributed by atoms with Crippen molar-refractivity contribution < 1.29 is 4.79 Å². The number of hydrogen-bond acceptors (Lipinski definition) is 3. The maximum atomic E-state index is 11.4. The standard InChI is InChI=1S/C12H21N5O/c1-9-15-10-8-13-5-4-11(10)17(9)7-6-14-12(18)16(2)3/h13H,4-8H2,1-3H3,(H,14,18). The minimum atomic E-state index is -0.0525. The third-order valence-electron chi connectivity index (χ3n) is 3.20. The summed E-state index contributed by atoms with van der Waals surface area (Å²) < 4.78 is 2.21. The molecule has 100 valence electrons. The molecule has 1 aromatic heterocycles. The molecule has 1 aliphatic rings. The van der Waals surface area contributed by atoms with Crippen molar-refractivity contribution in [1.82, 2.24) is 25.1 Å². The Hall–Kier alpha value is -1.56. The van der Waals surface area contributed by atoms with E-state index in [4.69, 9.17) is 0 Å². The zero-order chi connectivity index (χ0) is 13.1. The molecule has 0 spiro atoms. The van der Waals surface area contributed by atoms with Gasteiger partial charge in [-0.1, -0.05) is 0 Å². The number of imidazole rings is 1. The quantitative estimate of drug-likeness (QED) is 0.801. The number of nitrogens with one attached hydrogen (secondary N) is 2. The molecule has 0 bridgehead atoms. The van der Waals surface area contributed by atoms with Gasteiger partial charge in [0.1, 0.15) is 5.82 Å². The van der Waals surface area contributed by atoms with Crippen molar-refractivity contribution in [2.45, 2.75) is 26.4 Å². The van der Waals surface area contributed by atoms with E-state index in [0.717, 1.165) is 37.6 Å². The molecule has 0 fully saturated rings. The highest BCUT2D eigenvalue weighted by atomic mass is 16.2. The molecule has 2 rings (SSSR count). The summed E-state index contributed by atoms with van der Waals surface area (Å²) in [5.74, 6) is 1.03. The van der Waals surface area contributed by atoms with E-state index >= 15 is 0 Å². The summed E-state index contributed by atoms with van der Waals surface area (Å²) in [6, 6.07) is -0.0525. The van der Waals surface area contributed by atoms with E-state index in [-0.39, 0.29) is 6.03 Å². The molecule has 1 aliphatic heterocycles. The average molecular weight is 251 g/mol. The fourth-order valence-corrected chi connectivity index (χ4v) is 2.24. The molecule has 0 saturated carbocycles.